The molecule has 19 heavy (non-hydrogen) atoms. The Morgan fingerprint density at radius 1 is 1.21 bits per heavy atom. The summed E-state index contributed by atoms with van der Waals surface area (Å²) in [6, 6.07) is 2.55. The predicted octanol–water partition coefficient (Wildman–Crippen LogP) is 0.597. The maximum atomic E-state index is 4.33. The maximum Gasteiger partial charge on any atom is 0.225 e. The lowest BCUT2D eigenvalue weighted by atomic mass is 10.0. The lowest BCUT2D eigenvalue weighted by Crippen LogP contribution is -2.51. The van der Waals surface area contributed by atoms with Gasteiger partial charge >= 0.3 is 0 Å². The Kier molecular flexibility index (Phi) is 3.94. The Balaban J connectivity index is 1.49. The van der Waals surface area contributed by atoms with Gasteiger partial charge in [0.2, 0.25) is 5.95 Å². The van der Waals surface area contributed by atoms with Crippen molar-refractivity contribution in [2.45, 2.75) is 19.4 Å². The molecule has 2 atom stereocenters. The predicted molar refractivity (Wildman–Crippen MR) is 76.3 cm³/mol. The second-order valence-corrected chi connectivity index (χ2v) is 5.66. The smallest absolute Gasteiger partial charge is 0.225 e. The van der Waals surface area contributed by atoms with Crippen molar-refractivity contribution in [3.05, 3.63) is 18.5 Å². The zero-order chi connectivity index (χ0) is 13.1. The van der Waals surface area contributed by atoms with Crippen LogP contribution in [0.15, 0.2) is 18.5 Å². The van der Waals surface area contributed by atoms with Crippen LogP contribution in [0.25, 0.3) is 0 Å². The van der Waals surface area contributed by atoms with Crippen molar-refractivity contribution in [2.24, 2.45) is 5.92 Å². The Morgan fingerprint density at radius 2 is 1.95 bits per heavy atom. The van der Waals surface area contributed by atoms with E-state index in [4.69, 9.17) is 0 Å². The minimum atomic E-state index is 0.680. The van der Waals surface area contributed by atoms with Crippen LogP contribution in [0.3, 0.4) is 0 Å². The summed E-state index contributed by atoms with van der Waals surface area (Å²) >= 11 is 0. The Labute approximate surface area is 115 Å². The maximum absolute atomic E-state index is 4.33. The summed E-state index contributed by atoms with van der Waals surface area (Å²) in [5.41, 5.74) is 0. The number of hydrogen-bond donors (Lipinski definition) is 1. The molecule has 5 nitrogen and oxygen atoms in total. The molecule has 1 N–H and O–H groups in total. The number of piperazine rings is 1. The molecule has 2 aliphatic rings. The number of aromatic nitrogens is 2. The monoisotopic (exact) mass is 261 g/mol. The van der Waals surface area contributed by atoms with Gasteiger partial charge in [-0.3, -0.25) is 4.90 Å². The van der Waals surface area contributed by atoms with Crippen LogP contribution >= 0.6 is 0 Å². The Morgan fingerprint density at radius 3 is 2.58 bits per heavy atom. The molecule has 0 radical (unpaired) electrons. The molecule has 0 aliphatic carbocycles. The summed E-state index contributed by atoms with van der Waals surface area (Å²) in [6.45, 7) is 9.02. The fourth-order valence-electron chi connectivity index (χ4n) is 3.01. The van der Waals surface area contributed by atoms with E-state index < -0.39 is 0 Å². The van der Waals surface area contributed by atoms with Gasteiger partial charge in [-0.05, 0) is 24.9 Å². The summed E-state index contributed by atoms with van der Waals surface area (Å²) in [7, 11) is 0. The van der Waals surface area contributed by atoms with Crippen molar-refractivity contribution in [3.63, 3.8) is 0 Å². The van der Waals surface area contributed by atoms with Gasteiger partial charge in [0.15, 0.2) is 0 Å². The first kappa shape index (κ1) is 12.8. The van der Waals surface area contributed by atoms with Crippen molar-refractivity contribution in [2.75, 3.05) is 44.2 Å². The number of rotatable bonds is 3. The van der Waals surface area contributed by atoms with E-state index in [0.29, 0.717) is 6.04 Å². The lowest BCUT2D eigenvalue weighted by molar-refractivity contribution is 0.221. The number of hydrogen-bond acceptors (Lipinski definition) is 5. The van der Waals surface area contributed by atoms with Crippen LogP contribution in [0, 0.1) is 5.92 Å². The van der Waals surface area contributed by atoms with Gasteiger partial charge in [-0.15, -0.1) is 0 Å². The molecule has 2 fully saturated rings. The fraction of sp³-hybridized carbons (Fsp3) is 0.714. The largest absolute Gasteiger partial charge is 0.338 e. The van der Waals surface area contributed by atoms with E-state index in [2.05, 4.69) is 32.0 Å². The van der Waals surface area contributed by atoms with E-state index in [1.807, 2.05) is 18.5 Å². The van der Waals surface area contributed by atoms with Crippen LogP contribution in [0.5, 0.6) is 0 Å². The van der Waals surface area contributed by atoms with E-state index in [9.17, 15) is 0 Å². The third-order valence-electron chi connectivity index (χ3n) is 4.36. The first-order valence-corrected chi connectivity index (χ1v) is 7.30. The molecule has 0 aromatic carbocycles. The normalized spacial score (nSPS) is 28.8. The highest BCUT2D eigenvalue weighted by molar-refractivity contribution is 5.29. The van der Waals surface area contributed by atoms with Gasteiger partial charge < -0.3 is 10.2 Å². The van der Waals surface area contributed by atoms with Gasteiger partial charge in [0, 0.05) is 51.2 Å². The van der Waals surface area contributed by atoms with Crippen molar-refractivity contribution in [1.82, 2.24) is 20.2 Å². The third kappa shape index (κ3) is 3.04. The highest BCUT2D eigenvalue weighted by Crippen LogP contribution is 2.17. The molecule has 1 aromatic rings. The SMILES string of the molecule is CC1CCNC1CN1CCN(c2ncccn2)CC1. The second kappa shape index (κ2) is 5.84. The standard InChI is InChI=1S/C14H23N5/c1-12-3-6-15-13(12)11-18-7-9-19(10-8-18)14-16-4-2-5-17-14/h2,4-5,12-13,15H,3,6-11H2,1H3. The second-order valence-electron chi connectivity index (χ2n) is 5.66. The molecule has 2 unspecified atom stereocenters. The Bertz CT molecular complexity index is 388. The van der Waals surface area contributed by atoms with Crippen LogP contribution < -0.4 is 10.2 Å². The molecular weight excluding hydrogens is 238 g/mol. The van der Waals surface area contributed by atoms with Gasteiger partial charge in [0.1, 0.15) is 0 Å². The molecule has 2 aliphatic heterocycles. The van der Waals surface area contributed by atoms with Crippen LogP contribution in [-0.2, 0) is 0 Å². The lowest BCUT2D eigenvalue weighted by Gasteiger charge is -2.36. The summed E-state index contributed by atoms with van der Waals surface area (Å²) in [4.78, 5) is 13.5. The van der Waals surface area contributed by atoms with Crippen molar-refractivity contribution in [3.8, 4) is 0 Å². The molecule has 0 bridgehead atoms. The topological polar surface area (TPSA) is 44.3 Å². The molecule has 0 spiro atoms. The van der Waals surface area contributed by atoms with E-state index in [0.717, 1.165) is 38.0 Å². The average molecular weight is 261 g/mol. The Hall–Kier alpha value is -1.20. The summed E-state index contributed by atoms with van der Waals surface area (Å²) in [6.07, 6.45) is 4.96. The molecule has 3 heterocycles. The fourth-order valence-corrected chi connectivity index (χ4v) is 3.01. The number of nitrogens with one attached hydrogen (secondary N) is 1. The molecule has 104 valence electrons. The average Bonchev–Trinajstić information content (AvgIpc) is 2.86. The summed E-state index contributed by atoms with van der Waals surface area (Å²) in [5.74, 6) is 1.69. The van der Waals surface area contributed by atoms with E-state index in [-0.39, 0.29) is 0 Å². The van der Waals surface area contributed by atoms with Gasteiger partial charge in [-0.25, -0.2) is 9.97 Å². The van der Waals surface area contributed by atoms with Crippen molar-refractivity contribution >= 4 is 5.95 Å². The van der Waals surface area contributed by atoms with Crippen LogP contribution in [-0.4, -0.2) is 60.2 Å². The van der Waals surface area contributed by atoms with E-state index in [1.54, 1.807) is 0 Å². The molecule has 2 saturated heterocycles. The highest BCUT2D eigenvalue weighted by Gasteiger charge is 2.26. The van der Waals surface area contributed by atoms with Crippen molar-refractivity contribution in [1.29, 1.82) is 0 Å². The first-order chi connectivity index (χ1) is 9.33. The summed E-state index contributed by atoms with van der Waals surface area (Å²) < 4.78 is 0. The quantitative estimate of drug-likeness (QED) is 0.863. The van der Waals surface area contributed by atoms with E-state index in [1.165, 1.54) is 19.5 Å². The minimum absolute atomic E-state index is 0.680. The molecular formula is C14H23N5. The van der Waals surface area contributed by atoms with Gasteiger partial charge in [0.25, 0.3) is 0 Å². The molecule has 0 saturated carbocycles. The van der Waals surface area contributed by atoms with Gasteiger partial charge in [0.05, 0.1) is 0 Å². The van der Waals surface area contributed by atoms with E-state index >= 15 is 0 Å². The van der Waals surface area contributed by atoms with Crippen molar-refractivity contribution < 1.29 is 0 Å². The number of nitrogens with zero attached hydrogens (tertiary/aromatic N) is 4. The van der Waals surface area contributed by atoms with Gasteiger partial charge in [-0.2, -0.15) is 0 Å². The number of anilines is 1. The van der Waals surface area contributed by atoms with Crippen LogP contribution in [0.2, 0.25) is 0 Å². The molecule has 5 heteroatoms. The zero-order valence-corrected chi connectivity index (χ0v) is 11.6. The van der Waals surface area contributed by atoms with Crippen LogP contribution in [0.1, 0.15) is 13.3 Å². The van der Waals surface area contributed by atoms with Gasteiger partial charge in [-0.1, -0.05) is 6.92 Å². The molecule has 3 rings (SSSR count). The first-order valence-electron chi connectivity index (χ1n) is 7.30. The minimum Gasteiger partial charge on any atom is -0.338 e. The van der Waals surface area contributed by atoms with Crippen LogP contribution in [0.4, 0.5) is 5.95 Å². The summed E-state index contributed by atoms with van der Waals surface area (Å²) in [5, 5.41) is 3.62. The third-order valence-corrected chi connectivity index (χ3v) is 4.36. The highest BCUT2D eigenvalue weighted by atomic mass is 15.3. The molecule has 1 aromatic heterocycles. The molecule has 0 amide bonds. The zero-order valence-electron chi connectivity index (χ0n) is 11.6.